The van der Waals surface area contributed by atoms with Gasteiger partial charge in [0.25, 0.3) is 0 Å². The van der Waals surface area contributed by atoms with Crippen molar-refractivity contribution in [3.8, 4) is 0 Å². The molecule has 0 radical (unpaired) electrons. The summed E-state index contributed by atoms with van der Waals surface area (Å²) in [6, 6.07) is 22.2. The SMILES string of the molecule is CC(C)(C)OC(=O)NCC(=O)C1CN(c2cccc(C(=C3CN(C(c4ccc(Cl)cc4)c4ccc(Cl)cc4)C3)S(C)(=O)=O)c2)CCN1. The van der Waals surface area contributed by atoms with Gasteiger partial charge in [-0.3, -0.25) is 9.69 Å². The Labute approximate surface area is 286 Å². The van der Waals surface area contributed by atoms with Crippen LogP contribution in [0.1, 0.15) is 43.5 Å². The van der Waals surface area contributed by atoms with E-state index >= 15 is 0 Å². The monoisotopic (exact) mass is 698 g/mol. The van der Waals surface area contributed by atoms with E-state index in [1.807, 2.05) is 72.8 Å². The molecule has 0 bridgehead atoms. The summed E-state index contributed by atoms with van der Waals surface area (Å²) in [5.74, 6) is -0.166. The number of benzene rings is 3. The second-order valence-corrected chi connectivity index (χ2v) is 15.8. The lowest BCUT2D eigenvalue weighted by Crippen LogP contribution is -2.56. The molecule has 12 heteroatoms. The summed E-state index contributed by atoms with van der Waals surface area (Å²) < 4.78 is 31.8. The van der Waals surface area contributed by atoms with Gasteiger partial charge < -0.3 is 20.3 Å². The minimum absolute atomic E-state index is 0.111. The van der Waals surface area contributed by atoms with Crippen LogP contribution in [0, 0.1) is 0 Å². The number of hydrogen-bond acceptors (Lipinski definition) is 8. The second-order valence-electron chi connectivity index (χ2n) is 12.9. The first kappa shape index (κ1) is 34.9. The van der Waals surface area contributed by atoms with E-state index in [0.29, 0.717) is 53.2 Å². The normalized spacial score (nSPS) is 17.3. The molecule has 3 aromatic carbocycles. The molecule has 0 spiro atoms. The first-order chi connectivity index (χ1) is 22.2. The number of amides is 1. The van der Waals surface area contributed by atoms with E-state index in [4.69, 9.17) is 27.9 Å². The average molecular weight is 700 g/mol. The number of Topliss-reactive ketones (excluding diaryl/α,β-unsaturated/α-hetero) is 1. The molecule has 1 unspecified atom stereocenters. The lowest BCUT2D eigenvalue weighted by molar-refractivity contribution is -0.120. The third-order valence-electron chi connectivity index (χ3n) is 8.06. The summed E-state index contributed by atoms with van der Waals surface area (Å²) in [5, 5.41) is 7.05. The molecular formula is C35H40Cl2N4O5S. The molecule has 2 saturated heterocycles. The van der Waals surface area contributed by atoms with Crippen LogP contribution >= 0.6 is 23.2 Å². The largest absolute Gasteiger partial charge is 0.444 e. The van der Waals surface area contributed by atoms with Gasteiger partial charge in [0.05, 0.1) is 23.5 Å². The molecule has 1 atom stereocenters. The number of anilines is 1. The Morgan fingerprint density at radius 3 is 2.13 bits per heavy atom. The number of nitrogens with one attached hydrogen (secondary N) is 2. The zero-order chi connectivity index (χ0) is 33.9. The van der Waals surface area contributed by atoms with Crippen LogP contribution in [0.4, 0.5) is 10.5 Å². The molecule has 3 aromatic rings. The van der Waals surface area contributed by atoms with Gasteiger partial charge >= 0.3 is 6.09 Å². The molecule has 2 aliphatic heterocycles. The van der Waals surface area contributed by atoms with Crippen LogP contribution in [-0.2, 0) is 19.4 Å². The molecule has 9 nitrogen and oxygen atoms in total. The van der Waals surface area contributed by atoms with Crippen molar-refractivity contribution in [3.63, 3.8) is 0 Å². The minimum Gasteiger partial charge on any atom is -0.444 e. The lowest BCUT2D eigenvalue weighted by atomic mass is 9.92. The van der Waals surface area contributed by atoms with E-state index < -0.39 is 27.6 Å². The smallest absolute Gasteiger partial charge is 0.408 e. The van der Waals surface area contributed by atoms with Crippen LogP contribution in [0.3, 0.4) is 0 Å². The van der Waals surface area contributed by atoms with E-state index in [1.165, 1.54) is 6.26 Å². The van der Waals surface area contributed by atoms with E-state index in [2.05, 4.69) is 20.4 Å². The maximum atomic E-state index is 13.3. The van der Waals surface area contributed by atoms with Gasteiger partial charge in [-0.25, -0.2) is 13.2 Å². The van der Waals surface area contributed by atoms with Gasteiger partial charge in [-0.1, -0.05) is 59.6 Å². The predicted octanol–water partition coefficient (Wildman–Crippen LogP) is 5.73. The number of alkyl carbamates (subject to hydrolysis) is 1. The number of ether oxygens (including phenoxy) is 1. The molecule has 47 heavy (non-hydrogen) atoms. The van der Waals surface area contributed by atoms with Crippen molar-refractivity contribution in [1.29, 1.82) is 0 Å². The Kier molecular flexibility index (Phi) is 10.7. The summed E-state index contributed by atoms with van der Waals surface area (Å²) in [6.07, 6.45) is 0.604. The summed E-state index contributed by atoms with van der Waals surface area (Å²) in [7, 11) is -3.59. The minimum atomic E-state index is -3.59. The molecule has 2 fully saturated rings. The van der Waals surface area contributed by atoms with Crippen LogP contribution in [0.25, 0.3) is 4.91 Å². The summed E-state index contributed by atoms with van der Waals surface area (Å²) in [4.78, 5) is 29.6. The summed E-state index contributed by atoms with van der Waals surface area (Å²) >= 11 is 12.4. The number of likely N-dealkylation sites (tertiary alicyclic amines) is 1. The average Bonchev–Trinajstić information content (AvgIpc) is 2.99. The fraction of sp³-hybridized carbons (Fsp3) is 0.371. The zero-order valence-electron chi connectivity index (χ0n) is 26.9. The van der Waals surface area contributed by atoms with Gasteiger partial charge in [0.2, 0.25) is 0 Å². The number of nitrogens with zero attached hydrogens (tertiary/aromatic N) is 2. The highest BCUT2D eigenvalue weighted by Gasteiger charge is 2.35. The first-order valence-corrected chi connectivity index (χ1v) is 18.1. The summed E-state index contributed by atoms with van der Waals surface area (Å²) in [5.41, 5.74) is 3.69. The predicted molar refractivity (Wildman–Crippen MR) is 188 cm³/mol. The van der Waals surface area contributed by atoms with Crippen LogP contribution in [0.5, 0.6) is 0 Å². The highest BCUT2D eigenvalue weighted by Crippen LogP contribution is 2.39. The number of halogens is 2. The molecule has 5 rings (SSSR count). The number of carbonyl (C=O) groups excluding carboxylic acids is 2. The van der Waals surface area contributed by atoms with Crippen molar-refractivity contribution in [1.82, 2.24) is 15.5 Å². The zero-order valence-corrected chi connectivity index (χ0v) is 29.3. The Hall–Kier alpha value is -3.41. The van der Waals surface area contributed by atoms with E-state index in [9.17, 15) is 18.0 Å². The lowest BCUT2D eigenvalue weighted by Gasteiger charge is -2.42. The molecular weight excluding hydrogens is 659 g/mol. The second kappa shape index (κ2) is 14.4. The number of sulfone groups is 1. The Balaban J connectivity index is 1.34. The van der Waals surface area contributed by atoms with Crippen LogP contribution in [-0.4, -0.2) is 82.4 Å². The maximum Gasteiger partial charge on any atom is 0.408 e. The van der Waals surface area contributed by atoms with Gasteiger partial charge in [0, 0.05) is 54.7 Å². The van der Waals surface area contributed by atoms with Crippen LogP contribution in [0.15, 0.2) is 78.4 Å². The number of hydrogen-bond donors (Lipinski definition) is 2. The van der Waals surface area contributed by atoms with Gasteiger partial charge in [-0.15, -0.1) is 0 Å². The molecule has 1 amide bonds. The van der Waals surface area contributed by atoms with E-state index in [1.54, 1.807) is 20.8 Å². The molecule has 0 aromatic heterocycles. The third kappa shape index (κ3) is 8.94. The van der Waals surface area contributed by atoms with Crippen molar-refractivity contribution < 1.29 is 22.7 Å². The number of piperazine rings is 1. The molecule has 0 saturated carbocycles. The number of rotatable bonds is 9. The topological polar surface area (TPSA) is 108 Å². The van der Waals surface area contributed by atoms with Crippen molar-refractivity contribution in [3.05, 3.63) is 105 Å². The molecule has 2 aliphatic rings. The van der Waals surface area contributed by atoms with Crippen LogP contribution < -0.4 is 15.5 Å². The maximum absolute atomic E-state index is 13.3. The molecule has 250 valence electrons. The Morgan fingerprint density at radius 1 is 0.979 bits per heavy atom. The van der Waals surface area contributed by atoms with E-state index in [-0.39, 0.29) is 18.4 Å². The number of ketones is 1. The van der Waals surface area contributed by atoms with Crippen molar-refractivity contribution in [2.24, 2.45) is 0 Å². The van der Waals surface area contributed by atoms with Gasteiger partial charge in [0.15, 0.2) is 15.6 Å². The van der Waals surface area contributed by atoms with Gasteiger partial charge in [-0.2, -0.15) is 0 Å². The highest BCUT2D eigenvalue weighted by atomic mass is 35.5. The van der Waals surface area contributed by atoms with E-state index in [0.717, 1.165) is 22.4 Å². The van der Waals surface area contributed by atoms with Gasteiger partial charge in [-0.05, 0) is 79.4 Å². The fourth-order valence-corrected chi connectivity index (χ4v) is 7.46. The Morgan fingerprint density at radius 2 is 1.57 bits per heavy atom. The van der Waals surface area contributed by atoms with Crippen molar-refractivity contribution in [2.75, 3.05) is 50.4 Å². The van der Waals surface area contributed by atoms with Gasteiger partial charge in [0.1, 0.15) is 5.60 Å². The van der Waals surface area contributed by atoms with Crippen molar-refractivity contribution >= 4 is 55.5 Å². The van der Waals surface area contributed by atoms with Crippen LogP contribution in [0.2, 0.25) is 10.0 Å². The third-order valence-corrected chi connectivity index (χ3v) is 9.83. The number of carbonyl (C=O) groups is 2. The standard InChI is InChI=1S/C35H40Cl2N4O5S/c1-35(2,3)46-34(43)39-19-31(42)30-22-40(17-16-38-30)29-7-5-6-25(18-29)33(47(4,44)45)26-20-41(21-26)32(23-8-12-27(36)13-9-23)24-10-14-28(37)15-11-24/h5-15,18,30,32,38H,16-17,19-22H2,1-4H3,(H,39,43). The fourth-order valence-electron chi connectivity index (χ4n) is 6.00. The summed E-state index contributed by atoms with van der Waals surface area (Å²) in [6.45, 7) is 7.62. The highest BCUT2D eigenvalue weighted by molar-refractivity contribution is 8.00. The molecule has 2 heterocycles. The Bertz CT molecular complexity index is 1700. The molecule has 0 aliphatic carbocycles. The quantitative estimate of drug-likeness (QED) is 0.292. The van der Waals surface area contributed by atoms with Crippen molar-refractivity contribution in [2.45, 2.75) is 38.5 Å². The first-order valence-electron chi connectivity index (χ1n) is 15.4. The molecule has 2 N–H and O–H groups in total.